The van der Waals surface area contributed by atoms with Gasteiger partial charge in [-0.2, -0.15) is 0 Å². The molecule has 17 heavy (non-hydrogen) atoms. The quantitative estimate of drug-likeness (QED) is 0.855. The minimum atomic E-state index is 0.0222. The first kappa shape index (κ1) is 12.3. The van der Waals surface area contributed by atoms with Crippen molar-refractivity contribution >= 4 is 0 Å². The molecular weight excluding hydrogens is 216 g/mol. The number of nitrogens with zero attached hydrogens (tertiary/aromatic N) is 1. The summed E-state index contributed by atoms with van der Waals surface area (Å²) in [6.07, 6.45) is 1.90. The van der Waals surface area contributed by atoms with Crippen LogP contribution in [0.2, 0.25) is 0 Å². The van der Waals surface area contributed by atoms with Crippen molar-refractivity contribution in [3.05, 3.63) is 27.4 Å². The number of aromatic nitrogens is 2. The Labute approximate surface area is 101 Å². The van der Waals surface area contributed by atoms with Crippen LogP contribution in [0.4, 0.5) is 0 Å². The van der Waals surface area contributed by atoms with Crippen LogP contribution in [0, 0.1) is 6.92 Å². The van der Waals surface area contributed by atoms with Gasteiger partial charge in [0.2, 0.25) is 0 Å². The summed E-state index contributed by atoms with van der Waals surface area (Å²) in [5.74, 6) is 1.39. The lowest BCUT2D eigenvalue weighted by atomic mass is 9.98. The van der Waals surface area contributed by atoms with Crippen molar-refractivity contribution < 1.29 is 4.74 Å². The first-order valence-corrected chi connectivity index (χ1v) is 6.28. The van der Waals surface area contributed by atoms with E-state index in [9.17, 15) is 4.79 Å². The molecule has 1 N–H and O–H groups in total. The Morgan fingerprint density at radius 1 is 1.35 bits per heavy atom. The largest absolute Gasteiger partial charge is 0.381 e. The predicted octanol–water partition coefficient (Wildman–Crippen LogP) is 2.10. The summed E-state index contributed by atoms with van der Waals surface area (Å²) >= 11 is 0. The summed E-state index contributed by atoms with van der Waals surface area (Å²) in [5.41, 5.74) is 1.69. The maximum absolute atomic E-state index is 12.0. The number of rotatable bonds is 2. The second-order valence-electron chi connectivity index (χ2n) is 4.99. The zero-order valence-corrected chi connectivity index (χ0v) is 10.7. The van der Waals surface area contributed by atoms with Gasteiger partial charge in [0.15, 0.2) is 0 Å². The second-order valence-corrected chi connectivity index (χ2v) is 4.99. The van der Waals surface area contributed by atoms with Crippen molar-refractivity contribution in [1.82, 2.24) is 9.97 Å². The number of hydrogen-bond acceptors (Lipinski definition) is 3. The Morgan fingerprint density at radius 3 is 2.53 bits per heavy atom. The van der Waals surface area contributed by atoms with Crippen molar-refractivity contribution in [2.45, 2.75) is 45.4 Å². The number of nitrogens with one attached hydrogen (secondary N) is 1. The van der Waals surface area contributed by atoms with Crippen molar-refractivity contribution in [1.29, 1.82) is 0 Å². The zero-order valence-electron chi connectivity index (χ0n) is 10.7. The molecule has 0 aliphatic carbocycles. The van der Waals surface area contributed by atoms with E-state index in [4.69, 9.17) is 4.74 Å². The molecule has 1 saturated heterocycles. The predicted molar refractivity (Wildman–Crippen MR) is 66.5 cm³/mol. The lowest BCUT2D eigenvalue weighted by molar-refractivity contribution is 0.0835. The minimum absolute atomic E-state index is 0.0222. The Hall–Kier alpha value is -1.16. The third-order valence-electron chi connectivity index (χ3n) is 3.35. The topological polar surface area (TPSA) is 55.0 Å². The van der Waals surface area contributed by atoms with E-state index in [2.05, 4.69) is 9.97 Å². The number of aryl methyl sites for hydroxylation is 1. The van der Waals surface area contributed by atoms with Crippen LogP contribution in [0.1, 0.15) is 55.6 Å². The Morgan fingerprint density at radius 2 is 2.00 bits per heavy atom. The van der Waals surface area contributed by atoms with Crippen LogP contribution in [-0.2, 0) is 4.74 Å². The molecule has 0 spiro atoms. The Bertz CT molecular complexity index is 445. The lowest BCUT2D eigenvalue weighted by Crippen LogP contribution is -2.24. The standard InChI is InChI=1S/C13H20N2O2/c1-8(2)11-9(3)14-12(15-13(11)16)10-4-6-17-7-5-10/h8,10H,4-7H2,1-3H3,(H,14,15,16). The van der Waals surface area contributed by atoms with Crippen LogP contribution in [0.3, 0.4) is 0 Å². The molecule has 2 rings (SSSR count). The molecule has 1 aromatic heterocycles. The fourth-order valence-electron chi connectivity index (χ4n) is 2.46. The molecule has 0 atom stereocenters. The molecule has 0 aromatic carbocycles. The molecule has 4 nitrogen and oxygen atoms in total. The van der Waals surface area contributed by atoms with Crippen molar-refractivity contribution in [2.24, 2.45) is 0 Å². The molecule has 1 aliphatic rings. The van der Waals surface area contributed by atoms with E-state index < -0.39 is 0 Å². The molecule has 0 saturated carbocycles. The summed E-state index contributed by atoms with van der Waals surface area (Å²) in [5, 5.41) is 0. The fourth-order valence-corrected chi connectivity index (χ4v) is 2.46. The number of ether oxygens (including phenoxy) is 1. The van der Waals surface area contributed by atoms with Gasteiger partial charge in [-0.15, -0.1) is 0 Å². The molecular formula is C13H20N2O2. The molecule has 0 amide bonds. The van der Waals surface area contributed by atoms with Crippen molar-refractivity contribution in [3.8, 4) is 0 Å². The van der Waals surface area contributed by atoms with Crippen LogP contribution in [-0.4, -0.2) is 23.2 Å². The summed E-state index contributed by atoms with van der Waals surface area (Å²) in [4.78, 5) is 19.5. The molecule has 4 heteroatoms. The van der Waals surface area contributed by atoms with Crippen molar-refractivity contribution in [3.63, 3.8) is 0 Å². The first-order chi connectivity index (χ1) is 8.09. The third-order valence-corrected chi connectivity index (χ3v) is 3.35. The van der Waals surface area contributed by atoms with Crippen LogP contribution in [0.5, 0.6) is 0 Å². The van der Waals surface area contributed by atoms with Gasteiger partial charge in [0.05, 0.1) is 0 Å². The highest BCUT2D eigenvalue weighted by Crippen LogP contribution is 2.24. The number of H-pyrrole nitrogens is 1. The van der Waals surface area contributed by atoms with Gasteiger partial charge in [0.1, 0.15) is 5.82 Å². The molecule has 0 bridgehead atoms. The van der Waals surface area contributed by atoms with E-state index in [1.165, 1.54) is 0 Å². The monoisotopic (exact) mass is 236 g/mol. The van der Waals surface area contributed by atoms with Crippen molar-refractivity contribution in [2.75, 3.05) is 13.2 Å². The summed E-state index contributed by atoms with van der Waals surface area (Å²) in [6.45, 7) is 7.49. The second kappa shape index (κ2) is 5.00. The molecule has 94 valence electrons. The SMILES string of the molecule is Cc1nc(C2CCOCC2)[nH]c(=O)c1C(C)C. The van der Waals surface area contributed by atoms with Crippen LogP contribution in [0.25, 0.3) is 0 Å². The maximum atomic E-state index is 12.0. The van der Waals surface area contributed by atoms with Crippen LogP contribution in [0.15, 0.2) is 4.79 Å². The highest BCUT2D eigenvalue weighted by Gasteiger charge is 2.20. The molecule has 1 fully saturated rings. The molecule has 1 aromatic rings. The summed E-state index contributed by atoms with van der Waals surface area (Å²) < 4.78 is 5.32. The van der Waals surface area contributed by atoms with Gasteiger partial charge in [-0.1, -0.05) is 13.8 Å². The highest BCUT2D eigenvalue weighted by molar-refractivity contribution is 5.21. The van der Waals surface area contributed by atoms with Gasteiger partial charge in [-0.3, -0.25) is 4.79 Å². The highest BCUT2D eigenvalue weighted by atomic mass is 16.5. The summed E-state index contributed by atoms with van der Waals surface area (Å²) in [6, 6.07) is 0. The van der Waals surface area contributed by atoms with Gasteiger partial charge in [0, 0.05) is 30.4 Å². The molecule has 2 heterocycles. The molecule has 0 radical (unpaired) electrons. The van der Waals surface area contributed by atoms with Gasteiger partial charge < -0.3 is 9.72 Å². The normalized spacial score (nSPS) is 17.6. The van der Waals surface area contributed by atoms with E-state index >= 15 is 0 Å². The smallest absolute Gasteiger partial charge is 0.254 e. The summed E-state index contributed by atoms with van der Waals surface area (Å²) in [7, 11) is 0. The minimum Gasteiger partial charge on any atom is -0.381 e. The van der Waals surface area contributed by atoms with Crippen LogP contribution >= 0.6 is 0 Å². The van der Waals surface area contributed by atoms with Gasteiger partial charge >= 0.3 is 0 Å². The van der Waals surface area contributed by atoms with E-state index in [0.717, 1.165) is 43.1 Å². The van der Waals surface area contributed by atoms with Crippen LogP contribution < -0.4 is 5.56 Å². The average molecular weight is 236 g/mol. The Kier molecular flexibility index (Phi) is 3.62. The van der Waals surface area contributed by atoms with E-state index in [-0.39, 0.29) is 11.5 Å². The van der Waals surface area contributed by atoms with E-state index in [0.29, 0.717) is 5.92 Å². The number of aromatic amines is 1. The first-order valence-electron chi connectivity index (χ1n) is 6.28. The van der Waals surface area contributed by atoms with Gasteiger partial charge in [0.25, 0.3) is 5.56 Å². The Balaban J connectivity index is 2.34. The number of hydrogen-bond donors (Lipinski definition) is 1. The van der Waals surface area contributed by atoms with E-state index in [1.807, 2.05) is 20.8 Å². The molecule has 0 unspecified atom stereocenters. The maximum Gasteiger partial charge on any atom is 0.254 e. The third kappa shape index (κ3) is 2.57. The van der Waals surface area contributed by atoms with E-state index in [1.54, 1.807) is 0 Å². The fraction of sp³-hybridized carbons (Fsp3) is 0.692. The van der Waals surface area contributed by atoms with Gasteiger partial charge in [-0.25, -0.2) is 4.98 Å². The van der Waals surface area contributed by atoms with Gasteiger partial charge in [-0.05, 0) is 25.7 Å². The average Bonchev–Trinajstić information content (AvgIpc) is 2.28. The lowest BCUT2D eigenvalue weighted by Gasteiger charge is -2.22. The molecule has 1 aliphatic heterocycles. The zero-order chi connectivity index (χ0) is 12.4.